The van der Waals surface area contributed by atoms with Crippen LogP contribution in [-0.2, 0) is 19.4 Å². The van der Waals surface area contributed by atoms with E-state index in [0.717, 1.165) is 0 Å². The predicted octanol–water partition coefficient (Wildman–Crippen LogP) is 2.19. The summed E-state index contributed by atoms with van der Waals surface area (Å²) in [5.41, 5.74) is -2.13. The zero-order valence-corrected chi connectivity index (χ0v) is 15.4. The number of rotatable bonds is 5. The van der Waals surface area contributed by atoms with E-state index >= 15 is 0 Å². The zero-order valence-electron chi connectivity index (χ0n) is 14.6. The molecule has 8 heteroatoms. The Balaban J connectivity index is 2.42. The molecule has 0 unspecified atom stereocenters. The zero-order chi connectivity index (χ0) is 19.0. The number of alkyl carbamates (subject to hydrolysis) is 1. The second kappa shape index (κ2) is 6.40. The van der Waals surface area contributed by atoms with Crippen LogP contribution < -0.4 is 5.32 Å². The highest BCUT2D eigenvalue weighted by molar-refractivity contribution is 7.92. The molecule has 6 nitrogen and oxygen atoms in total. The van der Waals surface area contributed by atoms with Crippen molar-refractivity contribution in [3.8, 4) is 0 Å². The van der Waals surface area contributed by atoms with E-state index in [9.17, 15) is 22.4 Å². The van der Waals surface area contributed by atoms with Gasteiger partial charge in [-0.2, -0.15) is 0 Å². The molecule has 1 N–H and O–H groups in total. The molecule has 1 amide bonds. The molecule has 1 aliphatic carbocycles. The Labute approximate surface area is 146 Å². The SMILES string of the molecule is CCS(=O)(=O)[C@@H]1[C@@H](c2cccc(F)c2)[C@]1(C=O)NC(=O)OC(C)(C)C. The first-order valence-electron chi connectivity index (χ1n) is 7.91. The second-order valence-corrected chi connectivity index (χ2v) is 9.49. The minimum atomic E-state index is -3.67. The largest absolute Gasteiger partial charge is 0.444 e. The predicted molar refractivity (Wildman–Crippen MR) is 90.6 cm³/mol. The fourth-order valence-corrected chi connectivity index (χ4v) is 4.94. The van der Waals surface area contributed by atoms with Crippen LogP contribution in [0.3, 0.4) is 0 Å². The van der Waals surface area contributed by atoms with E-state index in [2.05, 4.69) is 5.32 Å². The third-order valence-electron chi connectivity index (χ3n) is 4.09. The normalized spacial score (nSPS) is 26.0. The molecule has 1 aliphatic rings. The summed E-state index contributed by atoms with van der Waals surface area (Å²) in [5, 5.41) is 1.25. The van der Waals surface area contributed by atoms with E-state index in [1.54, 1.807) is 20.8 Å². The molecule has 0 bridgehead atoms. The molecule has 0 saturated heterocycles. The summed E-state index contributed by atoms with van der Waals surface area (Å²) in [6.07, 6.45) is -0.487. The van der Waals surface area contributed by atoms with Gasteiger partial charge in [-0.3, -0.25) is 0 Å². The van der Waals surface area contributed by atoms with Crippen molar-refractivity contribution < 1.29 is 27.1 Å². The Hall–Kier alpha value is -1.96. The number of hydrogen-bond acceptors (Lipinski definition) is 5. The number of amides is 1. The van der Waals surface area contributed by atoms with Gasteiger partial charge in [0.2, 0.25) is 0 Å². The molecule has 1 saturated carbocycles. The maximum atomic E-state index is 13.6. The van der Waals surface area contributed by atoms with Gasteiger partial charge in [0.15, 0.2) is 9.84 Å². The minimum absolute atomic E-state index is 0.199. The number of sulfone groups is 1. The second-order valence-electron chi connectivity index (χ2n) is 7.08. The maximum Gasteiger partial charge on any atom is 0.408 e. The number of carbonyl (C=O) groups excluding carboxylic acids is 2. The van der Waals surface area contributed by atoms with Crippen LogP contribution >= 0.6 is 0 Å². The molecule has 1 aromatic carbocycles. The summed E-state index contributed by atoms with van der Waals surface area (Å²) < 4.78 is 43.5. The molecular formula is C17H22FNO5S. The summed E-state index contributed by atoms with van der Waals surface area (Å²) in [4.78, 5) is 23.9. The van der Waals surface area contributed by atoms with Crippen LogP contribution in [0.1, 0.15) is 39.2 Å². The highest BCUT2D eigenvalue weighted by Gasteiger charge is 2.72. The topological polar surface area (TPSA) is 89.5 Å². The molecule has 0 heterocycles. The van der Waals surface area contributed by atoms with Gasteiger partial charge in [0.1, 0.15) is 28.5 Å². The van der Waals surface area contributed by atoms with Crippen molar-refractivity contribution in [3.05, 3.63) is 35.6 Å². The van der Waals surface area contributed by atoms with Crippen LogP contribution in [-0.4, -0.2) is 42.9 Å². The van der Waals surface area contributed by atoms with Crippen LogP contribution in [0.15, 0.2) is 24.3 Å². The fraction of sp³-hybridized carbons (Fsp3) is 0.529. The lowest BCUT2D eigenvalue weighted by Gasteiger charge is -2.22. The van der Waals surface area contributed by atoms with E-state index in [0.29, 0.717) is 11.8 Å². The summed E-state index contributed by atoms with van der Waals surface area (Å²) in [6.45, 7) is 6.41. The number of nitrogens with one attached hydrogen (secondary N) is 1. The molecular weight excluding hydrogens is 349 g/mol. The fourth-order valence-electron chi connectivity index (χ4n) is 3.01. The van der Waals surface area contributed by atoms with Crippen LogP contribution in [0.5, 0.6) is 0 Å². The van der Waals surface area contributed by atoms with Gasteiger partial charge < -0.3 is 14.8 Å². The highest BCUT2D eigenvalue weighted by atomic mass is 32.2. The Morgan fingerprint density at radius 2 is 2.04 bits per heavy atom. The van der Waals surface area contributed by atoms with Crippen molar-refractivity contribution in [1.82, 2.24) is 5.32 Å². The lowest BCUT2D eigenvalue weighted by molar-refractivity contribution is -0.110. The number of ether oxygens (including phenoxy) is 1. The van der Waals surface area contributed by atoms with E-state index in [4.69, 9.17) is 4.74 Å². The minimum Gasteiger partial charge on any atom is -0.444 e. The molecule has 0 aromatic heterocycles. The number of hydrogen-bond donors (Lipinski definition) is 1. The number of benzene rings is 1. The first-order chi connectivity index (χ1) is 11.5. The van der Waals surface area contributed by atoms with Crippen LogP contribution in [0.4, 0.5) is 9.18 Å². The van der Waals surface area contributed by atoms with E-state index in [1.807, 2.05) is 0 Å². The monoisotopic (exact) mass is 371 g/mol. The van der Waals surface area contributed by atoms with Gasteiger partial charge in [-0.25, -0.2) is 17.6 Å². The van der Waals surface area contributed by atoms with E-state index in [1.165, 1.54) is 31.2 Å². The molecule has 25 heavy (non-hydrogen) atoms. The van der Waals surface area contributed by atoms with Gasteiger partial charge in [0.05, 0.1) is 0 Å². The lowest BCUT2D eigenvalue weighted by Crippen LogP contribution is -2.45. The molecule has 138 valence electrons. The molecule has 2 rings (SSSR count). The average Bonchev–Trinajstić information content (AvgIpc) is 3.15. The van der Waals surface area contributed by atoms with Crippen molar-refractivity contribution >= 4 is 22.2 Å². The summed E-state index contributed by atoms with van der Waals surface area (Å²) in [6, 6.07) is 5.36. The van der Waals surface area contributed by atoms with Gasteiger partial charge in [0, 0.05) is 11.7 Å². The van der Waals surface area contributed by atoms with Gasteiger partial charge in [-0.15, -0.1) is 0 Å². The lowest BCUT2D eigenvalue weighted by atomic mass is 10.1. The summed E-state index contributed by atoms with van der Waals surface area (Å²) in [7, 11) is -3.67. The third kappa shape index (κ3) is 3.84. The van der Waals surface area contributed by atoms with Crippen LogP contribution in [0.2, 0.25) is 0 Å². The number of carbonyl (C=O) groups is 2. The molecule has 0 radical (unpaired) electrons. The third-order valence-corrected chi connectivity index (χ3v) is 6.33. The van der Waals surface area contributed by atoms with Gasteiger partial charge in [-0.05, 0) is 38.5 Å². The Morgan fingerprint density at radius 3 is 2.52 bits per heavy atom. The van der Waals surface area contributed by atoms with Crippen LogP contribution in [0, 0.1) is 5.82 Å². The van der Waals surface area contributed by atoms with Crippen molar-refractivity contribution in [3.63, 3.8) is 0 Å². The molecule has 0 spiro atoms. The first kappa shape index (κ1) is 19.4. The Bertz CT molecular complexity index is 786. The van der Waals surface area contributed by atoms with Crippen molar-refractivity contribution in [1.29, 1.82) is 0 Å². The molecule has 1 aromatic rings. The Kier molecular flexibility index (Phi) is 4.96. The maximum absolute atomic E-state index is 13.6. The number of aldehydes is 1. The first-order valence-corrected chi connectivity index (χ1v) is 9.63. The van der Waals surface area contributed by atoms with E-state index < -0.39 is 44.1 Å². The smallest absolute Gasteiger partial charge is 0.408 e. The summed E-state index contributed by atoms with van der Waals surface area (Å²) >= 11 is 0. The van der Waals surface area contributed by atoms with Crippen LogP contribution in [0.25, 0.3) is 0 Å². The van der Waals surface area contributed by atoms with Crippen molar-refractivity contribution in [2.45, 2.75) is 50.0 Å². The number of halogens is 1. The van der Waals surface area contributed by atoms with Crippen molar-refractivity contribution in [2.75, 3.05) is 5.75 Å². The molecule has 3 atom stereocenters. The average molecular weight is 371 g/mol. The van der Waals surface area contributed by atoms with Crippen molar-refractivity contribution in [2.24, 2.45) is 0 Å². The van der Waals surface area contributed by atoms with Gasteiger partial charge in [-0.1, -0.05) is 19.1 Å². The highest BCUT2D eigenvalue weighted by Crippen LogP contribution is 2.55. The Morgan fingerprint density at radius 1 is 1.40 bits per heavy atom. The standard InChI is InChI=1S/C17H22FNO5S/c1-5-25(22,23)14-13(11-7-6-8-12(18)9-11)17(14,10-20)19-15(21)24-16(2,3)4/h6-10,13-14H,5H2,1-4H3,(H,19,21)/t13-,14-,17+/m1/s1. The van der Waals surface area contributed by atoms with Gasteiger partial charge in [0.25, 0.3) is 0 Å². The molecule has 0 aliphatic heterocycles. The molecule has 1 fully saturated rings. The summed E-state index contributed by atoms with van der Waals surface area (Å²) in [5.74, 6) is -1.61. The van der Waals surface area contributed by atoms with E-state index in [-0.39, 0.29) is 5.75 Å². The van der Waals surface area contributed by atoms with Gasteiger partial charge >= 0.3 is 6.09 Å². The quantitative estimate of drug-likeness (QED) is 0.802.